The highest BCUT2D eigenvalue weighted by molar-refractivity contribution is 6.30. The molecular weight excluding hydrogens is 372 g/mol. The lowest BCUT2D eigenvalue weighted by Crippen LogP contribution is -2.26. The SMILES string of the molecule is CC(C)c1ccc(Nc2ncc(C(=O)NCCc3ccc(Cl)cc3)cn2)cc1. The van der Waals surface area contributed by atoms with Crippen LogP contribution < -0.4 is 10.6 Å². The van der Waals surface area contributed by atoms with E-state index in [0.29, 0.717) is 29.0 Å². The molecule has 144 valence electrons. The van der Waals surface area contributed by atoms with Crippen LogP contribution in [0.5, 0.6) is 0 Å². The van der Waals surface area contributed by atoms with Crippen molar-refractivity contribution >= 4 is 29.1 Å². The lowest BCUT2D eigenvalue weighted by Gasteiger charge is -2.09. The van der Waals surface area contributed by atoms with Crippen LogP contribution in [-0.4, -0.2) is 22.4 Å². The molecule has 6 heteroatoms. The van der Waals surface area contributed by atoms with E-state index in [0.717, 1.165) is 17.7 Å². The number of rotatable bonds is 7. The fourth-order valence-electron chi connectivity index (χ4n) is 2.66. The molecule has 0 atom stereocenters. The predicted octanol–water partition coefficient (Wildman–Crippen LogP) is 4.97. The van der Waals surface area contributed by atoms with Gasteiger partial charge in [0.15, 0.2) is 0 Å². The van der Waals surface area contributed by atoms with Crippen molar-refractivity contribution in [3.63, 3.8) is 0 Å². The van der Waals surface area contributed by atoms with E-state index in [9.17, 15) is 4.79 Å². The Bertz CT molecular complexity index is 907. The number of nitrogens with one attached hydrogen (secondary N) is 2. The Morgan fingerprint density at radius 1 is 1.00 bits per heavy atom. The molecule has 0 fully saturated rings. The van der Waals surface area contributed by atoms with E-state index in [2.05, 4.69) is 46.6 Å². The van der Waals surface area contributed by atoms with Crippen molar-refractivity contribution in [2.24, 2.45) is 0 Å². The summed E-state index contributed by atoms with van der Waals surface area (Å²) in [6.45, 7) is 4.85. The Labute approximate surface area is 170 Å². The van der Waals surface area contributed by atoms with E-state index in [-0.39, 0.29) is 5.91 Å². The molecule has 1 heterocycles. The van der Waals surface area contributed by atoms with Crippen LogP contribution in [0.25, 0.3) is 0 Å². The van der Waals surface area contributed by atoms with Gasteiger partial charge in [-0.3, -0.25) is 4.79 Å². The highest BCUT2D eigenvalue weighted by atomic mass is 35.5. The van der Waals surface area contributed by atoms with Crippen molar-refractivity contribution in [2.75, 3.05) is 11.9 Å². The molecular formula is C22H23ClN4O. The third-order valence-electron chi connectivity index (χ3n) is 4.36. The molecule has 1 amide bonds. The summed E-state index contributed by atoms with van der Waals surface area (Å²) >= 11 is 5.87. The Morgan fingerprint density at radius 2 is 1.64 bits per heavy atom. The first-order valence-electron chi connectivity index (χ1n) is 9.23. The molecule has 0 saturated carbocycles. The van der Waals surface area contributed by atoms with Crippen LogP contribution in [0.3, 0.4) is 0 Å². The van der Waals surface area contributed by atoms with Crippen LogP contribution >= 0.6 is 11.6 Å². The molecule has 1 aromatic heterocycles. The number of anilines is 2. The molecule has 0 aliphatic carbocycles. The fraction of sp³-hybridized carbons (Fsp3) is 0.227. The van der Waals surface area contributed by atoms with E-state index < -0.39 is 0 Å². The van der Waals surface area contributed by atoms with E-state index >= 15 is 0 Å². The molecule has 28 heavy (non-hydrogen) atoms. The van der Waals surface area contributed by atoms with Gasteiger partial charge in [-0.05, 0) is 47.7 Å². The van der Waals surface area contributed by atoms with Crippen LogP contribution in [0.1, 0.15) is 41.3 Å². The summed E-state index contributed by atoms with van der Waals surface area (Å²) in [6.07, 6.45) is 3.78. The summed E-state index contributed by atoms with van der Waals surface area (Å²) in [5, 5.41) is 6.72. The van der Waals surface area contributed by atoms with E-state index in [1.54, 1.807) is 0 Å². The molecule has 0 bridgehead atoms. The normalized spacial score (nSPS) is 10.7. The maximum Gasteiger partial charge on any atom is 0.254 e. The molecule has 0 unspecified atom stereocenters. The zero-order chi connectivity index (χ0) is 19.9. The molecule has 5 nitrogen and oxygen atoms in total. The topological polar surface area (TPSA) is 66.9 Å². The number of hydrogen-bond donors (Lipinski definition) is 2. The summed E-state index contributed by atoms with van der Waals surface area (Å²) in [4.78, 5) is 20.7. The first-order chi connectivity index (χ1) is 13.5. The van der Waals surface area contributed by atoms with Crippen molar-refractivity contribution < 1.29 is 4.79 Å². The minimum absolute atomic E-state index is 0.193. The van der Waals surface area contributed by atoms with Crippen LogP contribution in [-0.2, 0) is 6.42 Å². The highest BCUT2D eigenvalue weighted by Gasteiger charge is 2.07. The van der Waals surface area contributed by atoms with Crippen LogP contribution in [0.15, 0.2) is 60.9 Å². The summed E-state index contributed by atoms with van der Waals surface area (Å²) in [5.41, 5.74) is 3.72. The molecule has 2 aromatic carbocycles. The van der Waals surface area contributed by atoms with E-state index in [4.69, 9.17) is 11.6 Å². The van der Waals surface area contributed by atoms with Crippen molar-refractivity contribution in [2.45, 2.75) is 26.2 Å². The van der Waals surface area contributed by atoms with Gasteiger partial charge in [-0.1, -0.05) is 49.7 Å². The molecule has 0 aliphatic rings. The number of hydrogen-bond acceptors (Lipinski definition) is 4. The highest BCUT2D eigenvalue weighted by Crippen LogP contribution is 2.19. The van der Waals surface area contributed by atoms with Gasteiger partial charge in [-0.25, -0.2) is 9.97 Å². The largest absolute Gasteiger partial charge is 0.352 e. The summed E-state index contributed by atoms with van der Waals surface area (Å²) in [7, 11) is 0. The second-order valence-corrected chi connectivity index (χ2v) is 7.27. The van der Waals surface area contributed by atoms with Gasteiger partial charge in [-0.15, -0.1) is 0 Å². The fourth-order valence-corrected chi connectivity index (χ4v) is 2.79. The second-order valence-electron chi connectivity index (χ2n) is 6.83. The zero-order valence-electron chi connectivity index (χ0n) is 15.9. The van der Waals surface area contributed by atoms with Crippen molar-refractivity contribution in [1.82, 2.24) is 15.3 Å². The van der Waals surface area contributed by atoms with E-state index in [1.165, 1.54) is 18.0 Å². The quantitative estimate of drug-likeness (QED) is 0.593. The average molecular weight is 395 g/mol. The summed E-state index contributed by atoms with van der Waals surface area (Å²) in [6, 6.07) is 15.7. The van der Waals surface area contributed by atoms with Gasteiger partial charge in [0.1, 0.15) is 0 Å². The van der Waals surface area contributed by atoms with Crippen LogP contribution in [0.2, 0.25) is 5.02 Å². The van der Waals surface area contributed by atoms with Gasteiger partial charge in [0.05, 0.1) is 5.56 Å². The molecule has 0 spiro atoms. The number of benzene rings is 2. The molecule has 0 saturated heterocycles. The molecule has 0 radical (unpaired) electrons. The van der Waals surface area contributed by atoms with Gasteiger partial charge in [-0.2, -0.15) is 0 Å². The Hall–Kier alpha value is -2.92. The second kappa shape index (κ2) is 9.33. The molecule has 2 N–H and O–H groups in total. The van der Waals surface area contributed by atoms with Gasteiger partial charge in [0, 0.05) is 29.6 Å². The van der Waals surface area contributed by atoms with Crippen LogP contribution in [0, 0.1) is 0 Å². The molecule has 3 rings (SSSR count). The first kappa shape index (κ1) is 19.8. The number of halogens is 1. The lowest BCUT2D eigenvalue weighted by molar-refractivity contribution is 0.0953. The molecule has 3 aromatic rings. The maximum absolute atomic E-state index is 12.2. The third-order valence-corrected chi connectivity index (χ3v) is 4.61. The zero-order valence-corrected chi connectivity index (χ0v) is 16.7. The maximum atomic E-state index is 12.2. The van der Waals surface area contributed by atoms with Gasteiger partial charge >= 0.3 is 0 Å². The van der Waals surface area contributed by atoms with Crippen molar-refractivity contribution in [1.29, 1.82) is 0 Å². The Balaban J connectivity index is 1.51. The Kier molecular flexibility index (Phi) is 6.61. The van der Waals surface area contributed by atoms with Gasteiger partial charge in [0.2, 0.25) is 5.95 Å². The minimum atomic E-state index is -0.193. The van der Waals surface area contributed by atoms with Gasteiger partial charge < -0.3 is 10.6 Å². The number of carbonyl (C=O) groups is 1. The standard InChI is InChI=1S/C22H23ClN4O/c1-15(2)17-5-9-20(10-6-17)27-22-25-13-18(14-26-22)21(28)24-12-11-16-3-7-19(23)8-4-16/h3-10,13-15H,11-12H2,1-2H3,(H,24,28)(H,25,26,27). The number of nitrogens with zero attached hydrogens (tertiary/aromatic N) is 2. The first-order valence-corrected chi connectivity index (χ1v) is 9.61. The summed E-state index contributed by atoms with van der Waals surface area (Å²) in [5.74, 6) is 0.750. The summed E-state index contributed by atoms with van der Waals surface area (Å²) < 4.78 is 0. The van der Waals surface area contributed by atoms with Crippen LogP contribution in [0.4, 0.5) is 11.6 Å². The number of amides is 1. The lowest BCUT2D eigenvalue weighted by atomic mass is 10.0. The van der Waals surface area contributed by atoms with E-state index in [1.807, 2.05) is 36.4 Å². The van der Waals surface area contributed by atoms with Crippen molar-refractivity contribution in [3.05, 3.63) is 82.6 Å². The van der Waals surface area contributed by atoms with Gasteiger partial charge in [0.25, 0.3) is 5.91 Å². The average Bonchev–Trinajstić information content (AvgIpc) is 2.70. The minimum Gasteiger partial charge on any atom is -0.352 e. The Morgan fingerprint density at radius 3 is 2.25 bits per heavy atom. The number of aromatic nitrogens is 2. The van der Waals surface area contributed by atoms with Crippen molar-refractivity contribution in [3.8, 4) is 0 Å². The predicted molar refractivity (Wildman–Crippen MR) is 113 cm³/mol. The number of carbonyl (C=O) groups excluding carboxylic acids is 1. The smallest absolute Gasteiger partial charge is 0.254 e. The third kappa shape index (κ3) is 5.54. The molecule has 0 aliphatic heterocycles. The monoisotopic (exact) mass is 394 g/mol.